The van der Waals surface area contributed by atoms with E-state index < -0.39 is 20.1 Å². The van der Waals surface area contributed by atoms with E-state index in [0.717, 1.165) is 44.8 Å². The van der Waals surface area contributed by atoms with Crippen molar-refractivity contribution in [3.63, 3.8) is 0 Å². The van der Waals surface area contributed by atoms with Gasteiger partial charge in [0, 0.05) is 0 Å². The molecule has 1 spiro atoms. The summed E-state index contributed by atoms with van der Waals surface area (Å²) in [6.45, 7) is 10.7. The summed E-state index contributed by atoms with van der Waals surface area (Å²) in [4.78, 5) is 22.7. The van der Waals surface area contributed by atoms with Gasteiger partial charge in [-0.15, -0.1) is 0 Å². The van der Waals surface area contributed by atoms with E-state index in [9.17, 15) is 4.79 Å². The zero-order chi connectivity index (χ0) is 17.2. The van der Waals surface area contributed by atoms with Crippen molar-refractivity contribution >= 4 is 26.0 Å². The molecule has 0 aliphatic carbocycles. The van der Waals surface area contributed by atoms with Crippen LogP contribution < -0.4 is 0 Å². The van der Waals surface area contributed by atoms with Crippen LogP contribution in [0.3, 0.4) is 0 Å². The number of hydrogen-bond acceptors (Lipinski definition) is 3. The molecule has 5 heteroatoms. The molecule has 0 atom stereocenters. The van der Waals surface area contributed by atoms with Crippen LogP contribution >= 0.6 is 20.1 Å². The molecule has 3 saturated heterocycles. The van der Waals surface area contributed by atoms with Crippen LogP contribution in [0.1, 0.15) is 45.4 Å². The quantitative estimate of drug-likeness (QED) is 0.367. The van der Waals surface area contributed by atoms with Gasteiger partial charge in [-0.05, 0) is 6.54 Å². The van der Waals surface area contributed by atoms with Crippen molar-refractivity contribution < 1.29 is 4.79 Å². The van der Waals surface area contributed by atoms with Gasteiger partial charge >= 0.3 is 143 Å². The number of hydrogen-bond donors (Lipinski definition) is 0. The van der Waals surface area contributed by atoms with Gasteiger partial charge in [-0.25, -0.2) is 0 Å². The molecule has 4 nitrogen and oxygen atoms in total. The van der Waals surface area contributed by atoms with Gasteiger partial charge in [0.1, 0.15) is 0 Å². The Bertz CT molecular complexity index is 426. The molecule has 3 fully saturated rings. The number of likely N-dealkylation sites (tertiary alicyclic amines) is 2. The molecule has 3 aliphatic heterocycles. The SMILES string of the molecule is CCN1CCC(CCN2CCC3(CC2)CCN(I(C)C)C3=O)CC1. The normalized spacial score (nSPS) is 27.2. The van der Waals surface area contributed by atoms with Crippen LogP contribution in [0.4, 0.5) is 0 Å². The first-order valence-corrected chi connectivity index (χ1v) is 15.1. The summed E-state index contributed by atoms with van der Waals surface area (Å²) >= 11 is -1.14. The second kappa shape index (κ2) is 8.21. The molecule has 3 heterocycles. The second-order valence-electron chi connectivity index (χ2n) is 8.15. The predicted octanol–water partition coefficient (Wildman–Crippen LogP) is 3.10. The molecule has 0 aromatic rings. The Labute approximate surface area is 156 Å². The summed E-state index contributed by atoms with van der Waals surface area (Å²) in [5.74, 6) is 1.45. The van der Waals surface area contributed by atoms with Crippen LogP contribution in [0.25, 0.3) is 0 Å². The van der Waals surface area contributed by atoms with Crippen LogP contribution in [0.15, 0.2) is 0 Å². The Balaban J connectivity index is 1.41. The van der Waals surface area contributed by atoms with Gasteiger partial charge in [0.15, 0.2) is 0 Å². The van der Waals surface area contributed by atoms with Gasteiger partial charge in [0.05, 0.1) is 0 Å². The Morgan fingerprint density at radius 2 is 1.62 bits per heavy atom. The van der Waals surface area contributed by atoms with Crippen LogP contribution in [0.2, 0.25) is 0 Å². The molecule has 140 valence electrons. The second-order valence-corrected chi connectivity index (χ2v) is 13.4. The average molecular weight is 449 g/mol. The molecular weight excluding hydrogens is 413 g/mol. The number of rotatable bonds is 5. The third-order valence-corrected chi connectivity index (χ3v) is 9.94. The fraction of sp³-hybridized carbons (Fsp3) is 0.947. The summed E-state index contributed by atoms with van der Waals surface area (Å²) in [6.07, 6.45) is 7.49. The topological polar surface area (TPSA) is 26.8 Å². The number of piperidine rings is 2. The molecule has 0 N–H and O–H groups in total. The minimum atomic E-state index is -1.14. The number of halogens is 1. The van der Waals surface area contributed by atoms with E-state index in [-0.39, 0.29) is 5.41 Å². The molecule has 0 aromatic heterocycles. The van der Waals surface area contributed by atoms with Crippen LogP contribution in [-0.4, -0.2) is 74.5 Å². The molecule has 0 radical (unpaired) electrons. The summed E-state index contributed by atoms with van der Waals surface area (Å²) in [7, 11) is 0. The summed E-state index contributed by atoms with van der Waals surface area (Å²) < 4.78 is 2.26. The van der Waals surface area contributed by atoms with Crippen LogP contribution in [0, 0.1) is 11.3 Å². The maximum absolute atomic E-state index is 12.8. The summed E-state index contributed by atoms with van der Waals surface area (Å²) in [5.41, 5.74) is 0.0325. The Kier molecular flexibility index (Phi) is 6.46. The van der Waals surface area contributed by atoms with Crippen molar-refractivity contribution in [2.24, 2.45) is 11.3 Å². The number of amides is 1. The monoisotopic (exact) mass is 449 g/mol. The zero-order valence-corrected chi connectivity index (χ0v) is 18.1. The van der Waals surface area contributed by atoms with Crippen molar-refractivity contribution in [2.45, 2.75) is 45.4 Å². The van der Waals surface area contributed by atoms with E-state index in [2.05, 4.69) is 29.7 Å². The molecule has 0 unspecified atom stereocenters. The van der Waals surface area contributed by atoms with Gasteiger partial charge in [-0.3, -0.25) is 0 Å². The first kappa shape index (κ1) is 18.9. The van der Waals surface area contributed by atoms with Crippen molar-refractivity contribution in [2.75, 3.05) is 55.7 Å². The molecular formula is C19H36IN3O. The first-order valence-electron chi connectivity index (χ1n) is 9.81. The Morgan fingerprint density at radius 1 is 1.00 bits per heavy atom. The zero-order valence-electron chi connectivity index (χ0n) is 15.9. The first-order chi connectivity index (χ1) is 11.5. The van der Waals surface area contributed by atoms with Gasteiger partial charge in [-0.1, -0.05) is 6.92 Å². The van der Waals surface area contributed by atoms with E-state index in [0.29, 0.717) is 5.91 Å². The third kappa shape index (κ3) is 4.09. The fourth-order valence-corrected chi connectivity index (χ4v) is 7.32. The number of alkyl halides is 2. The van der Waals surface area contributed by atoms with Crippen molar-refractivity contribution in [1.82, 2.24) is 12.9 Å². The van der Waals surface area contributed by atoms with E-state index in [1.165, 1.54) is 45.4 Å². The van der Waals surface area contributed by atoms with Crippen molar-refractivity contribution in [1.29, 1.82) is 0 Å². The molecule has 3 rings (SSSR count). The van der Waals surface area contributed by atoms with E-state index in [1.54, 1.807) is 0 Å². The molecule has 1 amide bonds. The minimum absolute atomic E-state index is 0.0325. The predicted molar refractivity (Wildman–Crippen MR) is 110 cm³/mol. The van der Waals surface area contributed by atoms with Crippen LogP contribution in [-0.2, 0) is 4.79 Å². The Hall–Kier alpha value is 0.120. The molecule has 0 saturated carbocycles. The van der Waals surface area contributed by atoms with Crippen LogP contribution in [0.5, 0.6) is 0 Å². The maximum atomic E-state index is 12.8. The van der Waals surface area contributed by atoms with Crippen molar-refractivity contribution in [3.05, 3.63) is 0 Å². The van der Waals surface area contributed by atoms with Gasteiger partial charge in [-0.2, -0.15) is 0 Å². The van der Waals surface area contributed by atoms with E-state index in [4.69, 9.17) is 0 Å². The third-order valence-electron chi connectivity index (χ3n) is 6.69. The van der Waals surface area contributed by atoms with E-state index in [1.807, 2.05) is 0 Å². The molecule has 24 heavy (non-hydrogen) atoms. The molecule has 0 aromatic carbocycles. The molecule has 0 bridgehead atoms. The number of carbonyl (C=O) groups excluding carboxylic acids is 1. The van der Waals surface area contributed by atoms with Gasteiger partial charge < -0.3 is 0 Å². The number of nitrogens with zero attached hydrogens (tertiary/aromatic N) is 3. The standard InChI is InChI=1S/C19H36IN3O/c1-4-21-11-5-17(6-12-21)7-13-22-14-8-19(9-15-22)10-16-23(18(19)24)20(2)3/h17H,4-16H2,1-3H3. The van der Waals surface area contributed by atoms with E-state index >= 15 is 0 Å². The summed E-state index contributed by atoms with van der Waals surface area (Å²) in [6, 6.07) is 0. The van der Waals surface area contributed by atoms with Crippen molar-refractivity contribution in [3.8, 4) is 0 Å². The van der Waals surface area contributed by atoms with Gasteiger partial charge in [0.25, 0.3) is 0 Å². The van der Waals surface area contributed by atoms with Gasteiger partial charge in [0.2, 0.25) is 0 Å². The number of carbonyl (C=O) groups is 1. The summed E-state index contributed by atoms with van der Waals surface area (Å²) in [5, 5.41) is 0. The average Bonchev–Trinajstić information content (AvgIpc) is 2.92. The molecule has 3 aliphatic rings. The fourth-order valence-electron chi connectivity index (χ4n) is 4.73. The Morgan fingerprint density at radius 3 is 2.17 bits per heavy atom.